The number of Topliss-reactive ketones (excluding diaryl/α,β-unsaturated/α-hetero) is 1. The number of likely N-dealkylation sites (tertiary alicyclic amines) is 1. The van der Waals surface area contributed by atoms with Crippen LogP contribution in [0.1, 0.15) is 25.7 Å². The SMILES string of the molecule is N#CCC(=O)CN1CCCCC1. The summed E-state index contributed by atoms with van der Waals surface area (Å²) in [4.78, 5) is 13.2. The van der Waals surface area contributed by atoms with E-state index in [1.807, 2.05) is 6.07 Å². The second-order valence-electron chi connectivity index (χ2n) is 3.21. The lowest BCUT2D eigenvalue weighted by molar-refractivity contribution is -0.119. The highest BCUT2D eigenvalue weighted by Gasteiger charge is 2.12. The Balaban J connectivity index is 2.21. The number of hydrogen-bond donors (Lipinski definition) is 0. The lowest BCUT2D eigenvalue weighted by Crippen LogP contribution is -2.34. The predicted octanol–water partition coefficient (Wildman–Crippen LogP) is 0.955. The van der Waals surface area contributed by atoms with Crippen molar-refractivity contribution in [2.24, 2.45) is 0 Å². The number of rotatable bonds is 3. The van der Waals surface area contributed by atoms with E-state index >= 15 is 0 Å². The van der Waals surface area contributed by atoms with Crippen molar-refractivity contribution in [1.82, 2.24) is 4.90 Å². The van der Waals surface area contributed by atoms with Crippen molar-refractivity contribution in [2.75, 3.05) is 19.6 Å². The highest BCUT2D eigenvalue weighted by Crippen LogP contribution is 2.08. The third-order valence-corrected chi connectivity index (χ3v) is 2.12. The molecule has 1 saturated heterocycles. The van der Waals surface area contributed by atoms with Gasteiger partial charge in [0, 0.05) is 0 Å². The van der Waals surface area contributed by atoms with Gasteiger partial charge >= 0.3 is 0 Å². The number of nitriles is 1. The van der Waals surface area contributed by atoms with Crippen molar-refractivity contribution in [3.8, 4) is 6.07 Å². The van der Waals surface area contributed by atoms with Crippen LogP contribution in [0.3, 0.4) is 0 Å². The zero-order valence-electron chi connectivity index (χ0n) is 7.25. The fourth-order valence-electron chi connectivity index (χ4n) is 1.51. The molecule has 0 unspecified atom stereocenters. The first kappa shape index (κ1) is 9.21. The van der Waals surface area contributed by atoms with Gasteiger partial charge in [0.15, 0.2) is 5.78 Å². The molecular formula is C9H14N2O. The summed E-state index contributed by atoms with van der Waals surface area (Å²) >= 11 is 0. The molecule has 0 aromatic carbocycles. The smallest absolute Gasteiger partial charge is 0.160 e. The van der Waals surface area contributed by atoms with Crippen LogP contribution in [-0.2, 0) is 4.79 Å². The molecule has 1 aliphatic heterocycles. The molecule has 0 bridgehead atoms. The Morgan fingerprint density at radius 2 is 2.00 bits per heavy atom. The van der Waals surface area contributed by atoms with Gasteiger partial charge in [0.25, 0.3) is 0 Å². The molecule has 0 spiro atoms. The first-order valence-electron chi connectivity index (χ1n) is 4.44. The minimum absolute atomic E-state index is 0.0550. The number of nitrogens with zero attached hydrogens (tertiary/aromatic N) is 2. The molecule has 0 saturated carbocycles. The van der Waals surface area contributed by atoms with Crippen molar-refractivity contribution < 1.29 is 4.79 Å². The molecule has 12 heavy (non-hydrogen) atoms. The van der Waals surface area contributed by atoms with Gasteiger partial charge in [0.05, 0.1) is 19.0 Å². The number of hydrogen-bond acceptors (Lipinski definition) is 3. The quantitative estimate of drug-likeness (QED) is 0.627. The van der Waals surface area contributed by atoms with Crippen LogP contribution in [0.5, 0.6) is 0 Å². The van der Waals surface area contributed by atoms with Crippen molar-refractivity contribution in [1.29, 1.82) is 5.26 Å². The zero-order chi connectivity index (χ0) is 8.81. The monoisotopic (exact) mass is 166 g/mol. The van der Waals surface area contributed by atoms with Crippen LogP contribution in [0.4, 0.5) is 0 Å². The van der Waals surface area contributed by atoms with E-state index in [1.165, 1.54) is 19.3 Å². The molecule has 0 atom stereocenters. The molecule has 0 radical (unpaired) electrons. The Labute approximate surface area is 73.0 Å². The van der Waals surface area contributed by atoms with Crippen LogP contribution in [0, 0.1) is 11.3 Å². The standard InChI is InChI=1S/C9H14N2O/c10-5-4-9(12)8-11-6-2-1-3-7-11/h1-4,6-8H2. The molecule has 3 heteroatoms. The molecule has 1 rings (SSSR count). The average molecular weight is 166 g/mol. The molecule has 0 aromatic heterocycles. The molecule has 1 aliphatic rings. The zero-order valence-corrected chi connectivity index (χ0v) is 7.25. The Hall–Kier alpha value is -0.880. The van der Waals surface area contributed by atoms with E-state index in [0.717, 1.165) is 13.1 Å². The number of piperidine rings is 1. The third-order valence-electron chi connectivity index (χ3n) is 2.12. The Morgan fingerprint density at radius 3 is 2.58 bits per heavy atom. The van der Waals surface area contributed by atoms with Crippen molar-refractivity contribution in [2.45, 2.75) is 25.7 Å². The van der Waals surface area contributed by atoms with Crippen molar-refractivity contribution in [3.63, 3.8) is 0 Å². The highest BCUT2D eigenvalue weighted by atomic mass is 16.1. The van der Waals surface area contributed by atoms with Crippen LogP contribution in [0.2, 0.25) is 0 Å². The topological polar surface area (TPSA) is 44.1 Å². The molecule has 0 N–H and O–H groups in total. The van der Waals surface area contributed by atoms with E-state index in [1.54, 1.807) is 0 Å². The van der Waals surface area contributed by atoms with E-state index in [2.05, 4.69) is 4.90 Å². The Kier molecular flexibility index (Phi) is 3.75. The van der Waals surface area contributed by atoms with Gasteiger partial charge in [-0.15, -0.1) is 0 Å². The van der Waals surface area contributed by atoms with Crippen LogP contribution >= 0.6 is 0 Å². The molecule has 66 valence electrons. The molecule has 3 nitrogen and oxygen atoms in total. The van der Waals surface area contributed by atoms with Gasteiger partial charge in [-0.3, -0.25) is 9.69 Å². The maximum Gasteiger partial charge on any atom is 0.160 e. The number of ketones is 1. The molecule has 0 aliphatic carbocycles. The fraction of sp³-hybridized carbons (Fsp3) is 0.778. The molecule has 0 aromatic rings. The minimum Gasteiger partial charge on any atom is -0.297 e. The first-order chi connectivity index (χ1) is 5.83. The summed E-state index contributed by atoms with van der Waals surface area (Å²) in [5.41, 5.74) is 0. The van der Waals surface area contributed by atoms with Gasteiger partial charge in [-0.05, 0) is 25.9 Å². The van der Waals surface area contributed by atoms with E-state index in [4.69, 9.17) is 5.26 Å². The van der Waals surface area contributed by atoms with Gasteiger partial charge in [0.1, 0.15) is 0 Å². The van der Waals surface area contributed by atoms with Crippen molar-refractivity contribution in [3.05, 3.63) is 0 Å². The van der Waals surface area contributed by atoms with Crippen molar-refractivity contribution >= 4 is 5.78 Å². The van der Waals surface area contributed by atoms with Crippen LogP contribution < -0.4 is 0 Å². The minimum atomic E-state index is 0.0550. The average Bonchev–Trinajstić information content (AvgIpc) is 2.06. The van der Waals surface area contributed by atoms with E-state index < -0.39 is 0 Å². The van der Waals surface area contributed by atoms with Crippen LogP contribution in [0.25, 0.3) is 0 Å². The van der Waals surface area contributed by atoms with Gasteiger partial charge in [-0.2, -0.15) is 5.26 Å². The summed E-state index contributed by atoms with van der Waals surface area (Å²) < 4.78 is 0. The van der Waals surface area contributed by atoms with Gasteiger partial charge in [-0.25, -0.2) is 0 Å². The fourth-order valence-corrected chi connectivity index (χ4v) is 1.51. The summed E-state index contributed by atoms with van der Waals surface area (Å²) in [7, 11) is 0. The number of carbonyl (C=O) groups excluding carboxylic acids is 1. The Morgan fingerprint density at radius 1 is 1.33 bits per heavy atom. The largest absolute Gasteiger partial charge is 0.297 e. The second kappa shape index (κ2) is 4.89. The van der Waals surface area contributed by atoms with Gasteiger partial charge in [0.2, 0.25) is 0 Å². The maximum atomic E-state index is 11.0. The lowest BCUT2D eigenvalue weighted by atomic mass is 10.1. The van der Waals surface area contributed by atoms with E-state index in [-0.39, 0.29) is 12.2 Å². The highest BCUT2D eigenvalue weighted by molar-refractivity contribution is 5.82. The second-order valence-corrected chi connectivity index (χ2v) is 3.21. The summed E-state index contributed by atoms with van der Waals surface area (Å²) in [6.07, 6.45) is 3.74. The third kappa shape index (κ3) is 3.02. The van der Waals surface area contributed by atoms with E-state index in [0.29, 0.717) is 6.54 Å². The molecule has 0 amide bonds. The summed E-state index contributed by atoms with van der Waals surface area (Å²) in [5, 5.41) is 8.28. The number of carbonyl (C=O) groups is 1. The Bertz CT molecular complexity index is 189. The van der Waals surface area contributed by atoms with Gasteiger partial charge in [-0.1, -0.05) is 6.42 Å². The summed E-state index contributed by atoms with van der Waals surface area (Å²) in [6, 6.07) is 1.88. The van der Waals surface area contributed by atoms with Gasteiger partial charge < -0.3 is 0 Å². The molecule has 1 heterocycles. The van der Waals surface area contributed by atoms with Crippen LogP contribution in [0.15, 0.2) is 0 Å². The van der Waals surface area contributed by atoms with Crippen LogP contribution in [-0.4, -0.2) is 30.3 Å². The van der Waals surface area contributed by atoms with E-state index in [9.17, 15) is 4.79 Å². The summed E-state index contributed by atoms with van der Waals surface area (Å²) in [6.45, 7) is 2.53. The summed E-state index contributed by atoms with van der Waals surface area (Å²) in [5.74, 6) is 0.0550. The predicted molar refractivity (Wildman–Crippen MR) is 45.5 cm³/mol. The molecular weight excluding hydrogens is 152 g/mol. The first-order valence-corrected chi connectivity index (χ1v) is 4.44. The normalized spacial score (nSPS) is 18.6. The molecule has 1 fully saturated rings. The maximum absolute atomic E-state index is 11.0. The lowest BCUT2D eigenvalue weighted by Gasteiger charge is -2.25.